The van der Waals surface area contributed by atoms with E-state index in [-0.39, 0.29) is 0 Å². The van der Waals surface area contributed by atoms with Gasteiger partial charge in [-0.1, -0.05) is 48.5 Å². The van der Waals surface area contributed by atoms with E-state index in [1.807, 2.05) is 36.4 Å². The van der Waals surface area contributed by atoms with Gasteiger partial charge in [-0.25, -0.2) is 4.79 Å². The van der Waals surface area contributed by atoms with Crippen LogP contribution in [0.4, 0.5) is 0 Å². The van der Waals surface area contributed by atoms with Crippen LogP contribution in [0.5, 0.6) is 0 Å². The lowest BCUT2D eigenvalue weighted by molar-refractivity contribution is -0.132. The van der Waals surface area contributed by atoms with E-state index in [0.29, 0.717) is 5.57 Å². The van der Waals surface area contributed by atoms with Crippen LogP contribution in [0.15, 0.2) is 54.1 Å². The zero-order valence-electron chi connectivity index (χ0n) is 11.1. The third-order valence-electron chi connectivity index (χ3n) is 3.09. The molecule has 0 aliphatic carbocycles. The topological polar surface area (TPSA) is 37.3 Å². The molecule has 0 radical (unpaired) electrons. The highest BCUT2D eigenvalue weighted by molar-refractivity contribution is 5.91. The van der Waals surface area contributed by atoms with E-state index in [0.717, 1.165) is 11.1 Å². The lowest BCUT2D eigenvalue weighted by Crippen LogP contribution is -1.95. The molecule has 2 aromatic rings. The van der Waals surface area contributed by atoms with Crippen molar-refractivity contribution in [3.63, 3.8) is 0 Å². The number of carboxylic acids is 1. The summed E-state index contributed by atoms with van der Waals surface area (Å²) < 4.78 is 0. The molecular weight excluding hydrogens is 236 g/mol. The number of aryl methyl sites for hydroxylation is 1. The van der Waals surface area contributed by atoms with Gasteiger partial charge in [-0.15, -0.1) is 0 Å². The van der Waals surface area contributed by atoms with Gasteiger partial charge in [0.15, 0.2) is 0 Å². The average molecular weight is 252 g/mol. The van der Waals surface area contributed by atoms with Crippen molar-refractivity contribution in [2.75, 3.05) is 0 Å². The van der Waals surface area contributed by atoms with Crippen molar-refractivity contribution >= 4 is 12.0 Å². The fourth-order valence-corrected chi connectivity index (χ4v) is 1.97. The van der Waals surface area contributed by atoms with Gasteiger partial charge in [0.2, 0.25) is 0 Å². The van der Waals surface area contributed by atoms with Crippen molar-refractivity contribution in [3.8, 4) is 11.1 Å². The van der Waals surface area contributed by atoms with Crippen molar-refractivity contribution in [1.82, 2.24) is 0 Å². The highest BCUT2D eigenvalue weighted by Gasteiger charge is 2.02. The van der Waals surface area contributed by atoms with Crippen LogP contribution in [0.25, 0.3) is 17.2 Å². The van der Waals surface area contributed by atoms with Gasteiger partial charge in [-0.05, 0) is 42.2 Å². The first-order chi connectivity index (χ1) is 9.08. The molecule has 0 unspecified atom stereocenters. The molecule has 0 saturated carbocycles. The fourth-order valence-electron chi connectivity index (χ4n) is 1.97. The second-order valence-corrected chi connectivity index (χ2v) is 4.57. The molecule has 0 bridgehead atoms. The summed E-state index contributed by atoms with van der Waals surface area (Å²) in [6, 6.07) is 16.1. The van der Waals surface area contributed by atoms with Crippen molar-refractivity contribution in [2.45, 2.75) is 13.8 Å². The standard InChI is InChI=1S/C17H16O2/c1-12-5-3-4-6-16(12)15-9-7-14(8-10-15)11-13(2)17(18)19/h3-11H,1-2H3,(H,18,19). The zero-order chi connectivity index (χ0) is 13.8. The van der Waals surface area contributed by atoms with Gasteiger partial charge in [0.25, 0.3) is 0 Å². The number of hydrogen-bond acceptors (Lipinski definition) is 1. The van der Waals surface area contributed by atoms with Gasteiger partial charge in [0, 0.05) is 5.57 Å². The van der Waals surface area contributed by atoms with Crippen LogP contribution < -0.4 is 0 Å². The SMILES string of the molecule is CC(=Cc1ccc(-c2ccccc2C)cc1)C(=O)O. The molecule has 0 saturated heterocycles. The van der Waals surface area contributed by atoms with Gasteiger partial charge in [0.1, 0.15) is 0 Å². The van der Waals surface area contributed by atoms with Crippen LogP contribution in [0.2, 0.25) is 0 Å². The fraction of sp³-hybridized carbons (Fsp3) is 0.118. The van der Waals surface area contributed by atoms with E-state index < -0.39 is 5.97 Å². The maximum Gasteiger partial charge on any atom is 0.331 e. The van der Waals surface area contributed by atoms with Gasteiger partial charge in [-0.2, -0.15) is 0 Å². The second-order valence-electron chi connectivity index (χ2n) is 4.57. The highest BCUT2D eigenvalue weighted by atomic mass is 16.4. The minimum Gasteiger partial charge on any atom is -0.478 e. The Labute approximate surface area is 113 Å². The largest absolute Gasteiger partial charge is 0.478 e. The predicted molar refractivity (Wildman–Crippen MR) is 77.9 cm³/mol. The first-order valence-electron chi connectivity index (χ1n) is 6.15. The van der Waals surface area contributed by atoms with Gasteiger partial charge >= 0.3 is 5.97 Å². The van der Waals surface area contributed by atoms with Crippen molar-refractivity contribution in [1.29, 1.82) is 0 Å². The number of carbonyl (C=O) groups is 1. The Kier molecular flexibility index (Phi) is 3.81. The minimum absolute atomic E-state index is 0.337. The summed E-state index contributed by atoms with van der Waals surface area (Å²) in [5.74, 6) is -0.886. The molecule has 2 rings (SSSR count). The third-order valence-corrected chi connectivity index (χ3v) is 3.09. The molecule has 0 fully saturated rings. The maximum absolute atomic E-state index is 10.8. The Hall–Kier alpha value is -2.35. The molecule has 96 valence electrons. The van der Waals surface area contributed by atoms with Crippen molar-refractivity contribution in [2.24, 2.45) is 0 Å². The Bertz CT molecular complexity index is 622. The average Bonchev–Trinajstić information content (AvgIpc) is 2.40. The summed E-state index contributed by atoms with van der Waals surface area (Å²) in [6.07, 6.45) is 1.67. The summed E-state index contributed by atoms with van der Waals surface area (Å²) in [6.45, 7) is 3.68. The lowest BCUT2D eigenvalue weighted by atomic mass is 9.99. The molecule has 0 amide bonds. The third kappa shape index (κ3) is 3.10. The first-order valence-corrected chi connectivity index (χ1v) is 6.15. The Morgan fingerprint density at radius 2 is 1.68 bits per heavy atom. The second kappa shape index (κ2) is 5.53. The molecule has 2 nitrogen and oxygen atoms in total. The first kappa shape index (κ1) is 13.1. The van der Waals surface area contributed by atoms with Crippen LogP contribution >= 0.6 is 0 Å². The highest BCUT2D eigenvalue weighted by Crippen LogP contribution is 2.23. The number of carboxylic acid groups (broad SMARTS) is 1. The molecule has 0 spiro atoms. The smallest absolute Gasteiger partial charge is 0.331 e. The van der Waals surface area contributed by atoms with Gasteiger partial charge in [0.05, 0.1) is 0 Å². The Morgan fingerprint density at radius 3 is 2.26 bits per heavy atom. The Balaban J connectivity index is 2.32. The van der Waals surface area contributed by atoms with Crippen LogP contribution in [-0.4, -0.2) is 11.1 Å². The van der Waals surface area contributed by atoms with Crippen LogP contribution in [0.1, 0.15) is 18.1 Å². The van der Waals surface area contributed by atoms with Crippen LogP contribution in [-0.2, 0) is 4.79 Å². The molecule has 0 heterocycles. The lowest BCUT2D eigenvalue weighted by Gasteiger charge is -2.06. The predicted octanol–water partition coefficient (Wildman–Crippen LogP) is 4.15. The van der Waals surface area contributed by atoms with E-state index in [2.05, 4.69) is 19.1 Å². The summed E-state index contributed by atoms with van der Waals surface area (Å²) in [5, 5.41) is 8.84. The molecule has 0 aliphatic heterocycles. The van der Waals surface area contributed by atoms with E-state index >= 15 is 0 Å². The molecule has 2 heteroatoms. The Morgan fingerprint density at radius 1 is 1.05 bits per heavy atom. The van der Waals surface area contributed by atoms with Gasteiger partial charge in [-0.3, -0.25) is 0 Å². The molecule has 0 atom stereocenters. The number of rotatable bonds is 3. The normalized spacial score (nSPS) is 11.4. The summed E-state index contributed by atoms with van der Waals surface area (Å²) in [7, 11) is 0. The summed E-state index contributed by atoms with van der Waals surface area (Å²) in [5.41, 5.74) is 4.81. The van der Waals surface area contributed by atoms with Crippen LogP contribution in [0, 0.1) is 6.92 Å². The van der Waals surface area contributed by atoms with Crippen molar-refractivity contribution < 1.29 is 9.90 Å². The number of benzene rings is 2. The number of hydrogen-bond donors (Lipinski definition) is 1. The van der Waals surface area contributed by atoms with E-state index in [1.165, 1.54) is 11.1 Å². The summed E-state index contributed by atoms with van der Waals surface area (Å²) >= 11 is 0. The summed E-state index contributed by atoms with van der Waals surface area (Å²) in [4.78, 5) is 10.8. The molecular formula is C17H16O2. The zero-order valence-corrected chi connectivity index (χ0v) is 11.1. The molecule has 2 aromatic carbocycles. The van der Waals surface area contributed by atoms with Crippen LogP contribution in [0.3, 0.4) is 0 Å². The number of aliphatic carboxylic acids is 1. The minimum atomic E-state index is -0.886. The quantitative estimate of drug-likeness (QED) is 0.833. The van der Waals surface area contributed by atoms with E-state index in [1.54, 1.807) is 13.0 Å². The molecule has 19 heavy (non-hydrogen) atoms. The molecule has 0 aromatic heterocycles. The van der Waals surface area contributed by atoms with Gasteiger partial charge < -0.3 is 5.11 Å². The van der Waals surface area contributed by atoms with E-state index in [9.17, 15) is 4.79 Å². The molecule has 1 N–H and O–H groups in total. The maximum atomic E-state index is 10.8. The monoisotopic (exact) mass is 252 g/mol. The van der Waals surface area contributed by atoms with E-state index in [4.69, 9.17) is 5.11 Å². The van der Waals surface area contributed by atoms with Crippen molar-refractivity contribution in [3.05, 3.63) is 65.2 Å². The molecule has 0 aliphatic rings.